The highest BCUT2D eigenvalue weighted by Gasteiger charge is 2.26. The van der Waals surface area contributed by atoms with Crippen molar-refractivity contribution >= 4 is 29.1 Å². The lowest BCUT2D eigenvalue weighted by molar-refractivity contribution is -0.120. The van der Waals surface area contributed by atoms with Crippen molar-refractivity contribution in [2.45, 2.75) is 25.3 Å². The third-order valence-corrected chi connectivity index (χ3v) is 5.68. The first kappa shape index (κ1) is 20.0. The molecule has 1 unspecified atom stereocenters. The monoisotopic (exact) mass is 406 g/mol. The molecule has 2 aromatic rings. The molecule has 1 amide bonds. The summed E-state index contributed by atoms with van der Waals surface area (Å²) in [6, 6.07) is 13.3. The number of benzene rings is 2. The van der Waals surface area contributed by atoms with Crippen LogP contribution in [-0.4, -0.2) is 37.6 Å². The van der Waals surface area contributed by atoms with Crippen molar-refractivity contribution in [2.75, 3.05) is 26.7 Å². The summed E-state index contributed by atoms with van der Waals surface area (Å²) in [4.78, 5) is 14.9. The molecule has 2 aromatic carbocycles. The maximum atomic E-state index is 12.5. The van der Waals surface area contributed by atoms with Gasteiger partial charge in [-0.2, -0.15) is 0 Å². The molecule has 1 atom stereocenters. The number of ether oxygens (including phenoxy) is 1. The number of hydrogen-bond donors (Lipinski definition) is 1. The Morgan fingerprint density at radius 3 is 2.44 bits per heavy atom. The molecule has 1 N–H and O–H groups in total. The zero-order chi connectivity index (χ0) is 19.2. The van der Waals surface area contributed by atoms with Gasteiger partial charge in [0, 0.05) is 22.2 Å². The van der Waals surface area contributed by atoms with Crippen LogP contribution >= 0.6 is 23.2 Å². The Morgan fingerprint density at radius 2 is 1.78 bits per heavy atom. The normalized spacial score (nSPS) is 15.5. The van der Waals surface area contributed by atoms with E-state index in [9.17, 15) is 4.79 Å². The van der Waals surface area contributed by atoms with Crippen molar-refractivity contribution in [2.24, 2.45) is 0 Å². The van der Waals surface area contributed by atoms with Crippen molar-refractivity contribution in [3.8, 4) is 5.75 Å². The number of hydrogen-bond acceptors (Lipinski definition) is 3. The van der Waals surface area contributed by atoms with Crippen molar-refractivity contribution in [3.05, 3.63) is 63.6 Å². The number of rotatable bonds is 7. The van der Waals surface area contributed by atoms with Crippen LogP contribution in [0.1, 0.15) is 30.0 Å². The number of likely N-dealkylation sites (tertiary alicyclic amines) is 1. The molecule has 0 aromatic heterocycles. The van der Waals surface area contributed by atoms with Crippen molar-refractivity contribution in [1.29, 1.82) is 0 Å². The summed E-state index contributed by atoms with van der Waals surface area (Å²) >= 11 is 12.4. The van der Waals surface area contributed by atoms with E-state index in [0.717, 1.165) is 24.4 Å². The van der Waals surface area contributed by atoms with Gasteiger partial charge in [0.15, 0.2) is 0 Å². The summed E-state index contributed by atoms with van der Waals surface area (Å²) in [5, 5.41) is 4.08. The predicted molar refractivity (Wildman–Crippen MR) is 110 cm³/mol. The molecule has 0 bridgehead atoms. The van der Waals surface area contributed by atoms with Crippen LogP contribution in [0.3, 0.4) is 0 Å². The maximum Gasteiger partial charge on any atom is 0.224 e. The Balaban J connectivity index is 1.72. The quantitative estimate of drug-likeness (QED) is 0.735. The highest BCUT2D eigenvalue weighted by Crippen LogP contribution is 2.31. The zero-order valence-electron chi connectivity index (χ0n) is 15.4. The average molecular weight is 407 g/mol. The van der Waals surface area contributed by atoms with Gasteiger partial charge in [0.1, 0.15) is 5.75 Å². The van der Waals surface area contributed by atoms with Crippen LogP contribution in [0.4, 0.5) is 0 Å². The number of nitrogens with zero attached hydrogens (tertiary/aromatic N) is 1. The van der Waals surface area contributed by atoms with Crippen LogP contribution in [0.25, 0.3) is 0 Å². The van der Waals surface area contributed by atoms with E-state index in [4.69, 9.17) is 27.9 Å². The number of nitrogens with one attached hydrogen (secondary N) is 1. The van der Waals surface area contributed by atoms with Crippen LogP contribution in [-0.2, 0) is 11.2 Å². The molecule has 0 saturated carbocycles. The van der Waals surface area contributed by atoms with Gasteiger partial charge < -0.3 is 10.1 Å². The first-order valence-corrected chi connectivity index (χ1v) is 9.92. The zero-order valence-corrected chi connectivity index (χ0v) is 16.9. The predicted octanol–water partition coefficient (Wildman–Crippen LogP) is 4.50. The molecule has 1 fully saturated rings. The Labute approximate surface area is 170 Å². The molecule has 1 aliphatic rings. The molecule has 0 spiro atoms. The molecule has 0 radical (unpaired) electrons. The summed E-state index contributed by atoms with van der Waals surface area (Å²) in [5.74, 6) is 0.752. The topological polar surface area (TPSA) is 41.6 Å². The van der Waals surface area contributed by atoms with Gasteiger partial charge in [-0.15, -0.1) is 0 Å². The average Bonchev–Trinajstić information content (AvgIpc) is 3.20. The molecule has 27 heavy (non-hydrogen) atoms. The molecule has 1 heterocycles. The molecule has 4 nitrogen and oxygen atoms in total. The second-order valence-corrected chi connectivity index (χ2v) is 7.50. The van der Waals surface area contributed by atoms with Gasteiger partial charge in [-0.05, 0) is 49.7 Å². The minimum Gasteiger partial charge on any atom is -0.496 e. The highest BCUT2D eigenvalue weighted by molar-refractivity contribution is 6.36. The van der Waals surface area contributed by atoms with Crippen LogP contribution in [0.15, 0.2) is 42.5 Å². The summed E-state index contributed by atoms with van der Waals surface area (Å²) in [7, 11) is 1.68. The van der Waals surface area contributed by atoms with Gasteiger partial charge in [0.25, 0.3) is 0 Å². The highest BCUT2D eigenvalue weighted by atomic mass is 35.5. The fourth-order valence-electron chi connectivity index (χ4n) is 3.57. The Kier molecular flexibility index (Phi) is 7.00. The Bertz CT molecular complexity index is 771. The van der Waals surface area contributed by atoms with E-state index in [1.165, 1.54) is 12.8 Å². The summed E-state index contributed by atoms with van der Waals surface area (Å²) in [6.45, 7) is 2.56. The molecule has 0 aliphatic carbocycles. The summed E-state index contributed by atoms with van der Waals surface area (Å²) < 4.78 is 5.55. The molecule has 3 rings (SSSR count). The fraction of sp³-hybridized carbons (Fsp3) is 0.381. The van der Waals surface area contributed by atoms with E-state index in [1.807, 2.05) is 18.2 Å². The van der Waals surface area contributed by atoms with E-state index >= 15 is 0 Å². The minimum absolute atomic E-state index is 0.0781. The summed E-state index contributed by atoms with van der Waals surface area (Å²) in [6.07, 6.45) is 2.51. The first-order chi connectivity index (χ1) is 13.1. The molecular weight excluding hydrogens is 383 g/mol. The molecular formula is C21H24Cl2N2O2. The lowest BCUT2D eigenvalue weighted by Gasteiger charge is -2.29. The Hall–Kier alpha value is -1.75. The molecule has 144 valence electrons. The molecule has 6 heteroatoms. The van der Waals surface area contributed by atoms with E-state index in [0.29, 0.717) is 22.2 Å². The van der Waals surface area contributed by atoms with E-state index in [-0.39, 0.29) is 18.4 Å². The minimum atomic E-state index is -0.0934. The second kappa shape index (κ2) is 9.45. The number of halogens is 2. The third-order valence-electron chi connectivity index (χ3n) is 4.97. The van der Waals surface area contributed by atoms with Crippen LogP contribution in [0.2, 0.25) is 10.0 Å². The SMILES string of the molecule is COc1ccccc1C(CNC(=O)Cc1c(Cl)cccc1Cl)N1CCCC1. The largest absolute Gasteiger partial charge is 0.496 e. The number of amides is 1. The Morgan fingerprint density at radius 1 is 1.11 bits per heavy atom. The molecule has 1 saturated heterocycles. The fourth-order valence-corrected chi connectivity index (χ4v) is 4.10. The number of methoxy groups -OCH3 is 1. The number of carbonyl (C=O) groups is 1. The molecule has 1 aliphatic heterocycles. The maximum absolute atomic E-state index is 12.5. The second-order valence-electron chi connectivity index (χ2n) is 6.68. The van der Waals surface area contributed by atoms with Crippen molar-refractivity contribution in [3.63, 3.8) is 0 Å². The van der Waals surface area contributed by atoms with Gasteiger partial charge in [-0.3, -0.25) is 9.69 Å². The lowest BCUT2D eigenvalue weighted by atomic mass is 10.0. The van der Waals surface area contributed by atoms with Gasteiger partial charge in [-0.1, -0.05) is 47.5 Å². The van der Waals surface area contributed by atoms with Crippen LogP contribution in [0, 0.1) is 0 Å². The van der Waals surface area contributed by atoms with E-state index in [2.05, 4.69) is 16.3 Å². The van der Waals surface area contributed by atoms with Gasteiger partial charge in [0.05, 0.1) is 19.6 Å². The standard InChI is InChI=1S/C21H24Cl2N2O2/c1-27-20-10-3-2-7-15(20)19(25-11-4-5-12-25)14-24-21(26)13-16-17(22)8-6-9-18(16)23/h2-3,6-10,19H,4-5,11-14H2,1H3,(H,24,26). The lowest BCUT2D eigenvalue weighted by Crippen LogP contribution is -2.37. The first-order valence-electron chi connectivity index (χ1n) is 9.16. The number of para-hydroxylation sites is 1. The number of carbonyl (C=O) groups excluding carboxylic acids is 1. The van der Waals surface area contributed by atoms with E-state index < -0.39 is 0 Å². The van der Waals surface area contributed by atoms with Crippen molar-refractivity contribution in [1.82, 2.24) is 10.2 Å². The summed E-state index contributed by atoms with van der Waals surface area (Å²) in [5.41, 5.74) is 1.76. The van der Waals surface area contributed by atoms with Crippen molar-refractivity contribution < 1.29 is 9.53 Å². The van der Waals surface area contributed by atoms with Crippen LogP contribution in [0.5, 0.6) is 5.75 Å². The van der Waals surface area contributed by atoms with Gasteiger partial charge in [0.2, 0.25) is 5.91 Å². The third kappa shape index (κ3) is 4.95. The van der Waals surface area contributed by atoms with Gasteiger partial charge >= 0.3 is 0 Å². The van der Waals surface area contributed by atoms with Gasteiger partial charge in [-0.25, -0.2) is 0 Å². The van der Waals surface area contributed by atoms with E-state index in [1.54, 1.807) is 25.3 Å². The van der Waals surface area contributed by atoms with Crippen LogP contribution < -0.4 is 10.1 Å². The smallest absolute Gasteiger partial charge is 0.224 e.